The van der Waals surface area contributed by atoms with Crippen LogP contribution in [0.25, 0.3) is 16.9 Å². The molecule has 24 heavy (non-hydrogen) atoms. The van der Waals surface area contributed by atoms with Crippen molar-refractivity contribution in [3.63, 3.8) is 0 Å². The molecule has 0 bridgehead atoms. The summed E-state index contributed by atoms with van der Waals surface area (Å²) in [6.45, 7) is 3.56. The Kier molecular flexibility index (Phi) is 3.73. The minimum atomic E-state index is 0.0560. The Hall–Kier alpha value is -2.40. The maximum Gasteiger partial charge on any atom is 0.253 e. The van der Waals surface area contributed by atoms with Crippen molar-refractivity contribution in [3.05, 3.63) is 52.9 Å². The molecule has 5 nitrogen and oxygen atoms in total. The maximum atomic E-state index is 12.7. The summed E-state index contributed by atoms with van der Waals surface area (Å²) in [6.07, 6.45) is 3.87. The molecule has 3 heterocycles. The van der Waals surface area contributed by atoms with Crippen molar-refractivity contribution in [3.8, 4) is 5.69 Å². The van der Waals surface area contributed by atoms with E-state index in [0.29, 0.717) is 10.6 Å². The number of imidazole rings is 1. The van der Waals surface area contributed by atoms with Gasteiger partial charge >= 0.3 is 0 Å². The van der Waals surface area contributed by atoms with Crippen molar-refractivity contribution in [2.24, 2.45) is 0 Å². The largest absolute Gasteiger partial charge is 0.339 e. The summed E-state index contributed by atoms with van der Waals surface area (Å²) in [6, 6.07) is 9.17. The van der Waals surface area contributed by atoms with Gasteiger partial charge in [0.05, 0.1) is 10.7 Å². The van der Waals surface area contributed by atoms with E-state index < -0.39 is 0 Å². The lowest BCUT2D eigenvalue weighted by molar-refractivity contribution is 0.0793. The Morgan fingerprint density at radius 1 is 1.21 bits per heavy atom. The number of pyridine rings is 1. The van der Waals surface area contributed by atoms with E-state index in [1.165, 1.54) is 0 Å². The summed E-state index contributed by atoms with van der Waals surface area (Å²) in [5.74, 6) is 0.844. The molecule has 1 aromatic carbocycles. The van der Waals surface area contributed by atoms with E-state index in [1.54, 1.807) is 18.3 Å². The van der Waals surface area contributed by atoms with E-state index in [4.69, 9.17) is 11.6 Å². The Morgan fingerprint density at radius 3 is 2.79 bits per heavy atom. The number of hydrogen-bond donors (Lipinski definition) is 0. The van der Waals surface area contributed by atoms with Gasteiger partial charge in [-0.05, 0) is 50.1 Å². The summed E-state index contributed by atoms with van der Waals surface area (Å²) in [5, 5.41) is 0.570. The number of halogens is 1. The van der Waals surface area contributed by atoms with Gasteiger partial charge < -0.3 is 4.90 Å². The van der Waals surface area contributed by atoms with Gasteiger partial charge in [0.2, 0.25) is 0 Å². The lowest BCUT2D eigenvalue weighted by Gasteiger charge is -2.16. The number of carbonyl (C=O) groups excluding carboxylic acids is 1. The fourth-order valence-electron chi connectivity index (χ4n) is 3.23. The quantitative estimate of drug-likeness (QED) is 0.716. The summed E-state index contributed by atoms with van der Waals surface area (Å²) in [4.78, 5) is 23.5. The molecule has 6 heteroatoms. The second-order valence-corrected chi connectivity index (χ2v) is 6.41. The summed E-state index contributed by atoms with van der Waals surface area (Å²) < 4.78 is 1.90. The number of benzene rings is 1. The van der Waals surface area contributed by atoms with Crippen LogP contribution in [-0.4, -0.2) is 38.4 Å². The van der Waals surface area contributed by atoms with Crippen LogP contribution in [0, 0.1) is 6.92 Å². The molecule has 0 unspecified atom stereocenters. The van der Waals surface area contributed by atoms with Crippen LogP contribution in [0.15, 0.2) is 36.5 Å². The van der Waals surface area contributed by atoms with Crippen LogP contribution in [-0.2, 0) is 0 Å². The summed E-state index contributed by atoms with van der Waals surface area (Å²) >= 11 is 6.42. The first kappa shape index (κ1) is 15.1. The molecule has 0 N–H and O–H groups in total. The van der Waals surface area contributed by atoms with Crippen molar-refractivity contribution in [1.82, 2.24) is 19.4 Å². The molecule has 2 aromatic heterocycles. The van der Waals surface area contributed by atoms with Crippen LogP contribution in [0.4, 0.5) is 0 Å². The zero-order valence-electron chi connectivity index (χ0n) is 13.4. The second-order valence-electron chi connectivity index (χ2n) is 6.01. The molecule has 3 aromatic rings. The highest BCUT2D eigenvalue weighted by molar-refractivity contribution is 6.32. The first-order chi connectivity index (χ1) is 11.6. The van der Waals surface area contributed by atoms with Crippen molar-refractivity contribution < 1.29 is 4.79 Å². The Labute approximate surface area is 144 Å². The second kappa shape index (κ2) is 5.91. The molecule has 1 aliphatic rings. The topological polar surface area (TPSA) is 51.0 Å². The minimum Gasteiger partial charge on any atom is -0.339 e. The average Bonchev–Trinajstić information content (AvgIpc) is 3.22. The predicted molar refractivity (Wildman–Crippen MR) is 93.7 cm³/mol. The third-order valence-corrected chi connectivity index (χ3v) is 4.73. The van der Waals surface area contributed by atoms with E-state index in [-0.39, 0.29) is 5.91 Å². The van der Waals surface area contributed by atoms with Crippen LogP contribution in [0.5, 0.6) is 0 Å². The van der Waals surface area contributed by atoms with Gasteiger partial charge in [-0.1, -0.05) is 11.6 Å². The minimum absolute atomic E-state index is 0.0560. The number of carbonyl (C=O) groups is 1. The summed E-state index contributed by atoms with van der Waals surface area (Å²) in [5.41, 5.74) is 2.93. The average molecular weight is 341 g/mol. The fraction of sp³-hybridized carbons (Fsp3) is 0.278. The fourth-order valence-corrected chi connectivity index (χ4v) is 3.44. The highest BCUT2D eigenvalue weighted by Gasteiger charge is 2.21. The maximum absolute atomic E-state index is 12.7. The van der Waals surface area contributed by atoms with Crippen molar-refractivity contribution in [1.29, 1.82) is 0 Å². The van der Waals surface area contributed by atoms with Gasteiger partial charge in [0.25, 0.3) is 5.91 Å². The highest BCUT2D eigenvalue weighted by Crippen LogP contribution is 2.27. The Bertz CT molecular complexity index is 928. The van der Waals surface area contributed by atoms with Crippen LogP contribution < -0.4 is 0 Å². The highest BCUT2D eigenvalue weighted by atomic mass is 35.5. The van der Waals surface area contributed by atoms with Gasteiger partial charge in [-0.3, -0.25) is 9.36 Å². The Balaban J connectivity index is 1.84. The van der Waals surface area contributed by atoms with Crippen LogP contribution in [0.1, 0.15) is 29.0 Å². The van der Waals surface area contributed by atoms with E-state index in [2.05, 4.69) is 9.97 Å². The van der Waals surface area contributed by atoms with Gasteiger partial charge in [-0.25, -0.2) is 9.97 Å². The third-order valence-electron chi connectivity index (χ3n) is 4.41. The molecule has 0 spiro atoms. The van der Waals surface area contributed by atoms with Gasteiger partial charge in [-0.2, -0.15) is 0 Å². The number of nitrogens with zero attached hydrogens (tertiary/aromatic N) is 4. The number of aryl methyl sites for hydroxylation is 1. The number of aromatic nitrogens is 3. The van der Waals surface area contributed by atoms with Crippen LogP contribution in [0.3, 0.4) is 0 Å². The molecule has 1 saturated heterocycles. The third kappa shape index (κ3) is 2.45. The normalized spacial score (nSPS) is 14.5. The SMILES string of the molecule is Cc1nc2cccnc2n1-c1cc(C(=O)N2CCCC2)ccc1Cl. The van der Waals surface area contributed by atoms with E-state index in [0.717, 1.165) is 48.6 Å². The van der Waals surface area contributed by atoms with Crippen molar-refractivity contribution >= 4 is 28.7 Å². The lowest BCUT2D eigenvalue weighted by atomic mass is 10.1. The van der Waals surface area contributed by atoms with Crippen molar-refractivity contribution in [2.75, 3.05) is 13.1 Å². The number of likely N-dealkylation sites (tertiary alicyclic amines) is 1. The van der Waals surface area contributed by atoms with Crippen LogP contribution >= 0.6 is 11.6 Å². The predicted octanol–water partition coefficient (Wildman–Crippen LogP) is 3.62. The first-order valence-electron chi connectivity index (χ1n) is 8.04. The van der Waals surface area contributed by atoms with Gasteiger partial charge in [0.15, 0.2) is 5.65 Å². The molecular formula is C18H17ClN4O. The number of rotatable bonds is 2. The molecular weight excluding hydrogens is 324 g/mol. The van der Waals surface area contributed by atoms with Crippen molar-refractivity contribution in [2.45, 2.75) is 19.8 Å². The van der Waals surface area contributed by atoms with Crippen LogP contribution in [0.2, 0.25) is 5.02 Å². The molecule has 122 valence electrons. The number of hydrogen-bond acceptors (Lipinski definition) is 3. The van der Waals surface area contributed by atoms with E-state index in [9.17, 15) is 4.79 Å². The smallest absolute Gasteiger partial charge is 0.253 e. The van der Waals surface area contributed by atoms with E-state index >= 15 is 0 Å². The molecule has 1 amide bonds. The lowest BCUT2D eigenvalue weighted by Crippen LogP contribution is -2.27. The van der Waals surface area contributed by atoms with Gasteiger partial charge in [0, 0.05) is 24.8 Å². The zero-order valence-corrected chi connectivity index (χ0v) is 14.1. The van der Waals surface area contributed by atoms with Gasteiger partial charge in [-0.15, -0.1) is 0 Å². The molecule has 0 saturated carbocycles. The molecule has 0 atom stereocenters. The number of amides is 1. The van der Waals surface area contributed by atoms with E-state index in [1.807, 2.05) is 34.6 Å². The van der Waals surface area contributed by atoms with Gasteiger partial charge in [0.1, 0.15) is 11.3 Å². The standard InChI is InChI=1S/C18H17ClN4O/c1-12-21-15-5-4-8-20-17(15)23(12)16-11-13(6-7-14(16)19)18(24)22-9-2-3-10-22/h4-8,11H,2-3,9-10H2,1H3. The molecule has 1 aliphatic heterocycles. The Morgan fingerprint density at radius 2 is 2.00 bits per heavy atom. The molecule has 0 aliphatic carbocycles. The monoisotopic (exact) mass is 340 g/mol. The molecule has 1 fully saturated rings. The zero-order chi connectivity index (χ0) is 16.7. The molecule has 4 rings (SSSR count). The first-order valence-corrected chi connectivity index (χ1v) is 8.42. The molecule has 0 radical (unpaired) electrons. The summed E-state index contributed by atoms with van der Waals surface area (Å²) in [7, 11) is 0. The number of fused-ring (bicyclic) bond motifs is 1.